The number of likely N-dealkylation sites (tertiary alicyclic amines) is 1. The molecule has 0 radical (unpaired) electrons. The van der Waals surface area contributed by atoms with Gasteiger partial charge in [-0.05, 0) is 30.5 Å². The lowest BCUT2D eigenvalue weighted by atomic mass is 10.1. The van der Waals surface area contributed by atoms with Crippen molar-refractivity contribution in [2.75, 3.05) is 13.1 Å². The van der Waals surface area contributed by atoms with Crippen LogP contribution in [0.5, 0.6) is 0 Å². The Bertz CT molecular complexity index is 669. The van der Waals surface area contributed by atoms with E-state index in [1.54, 1.807) is 0 Å². The summed E-state index contributed by atoms with van der Waals surface area (Å²) in [6.45, 7) is 3.43. The van der Waals surface area contributed by atoms with Crippen molar-refractivity contribution in [3.63, 3.8) is 0 Å². The number of hydrogen-bond acceptors (Lipinski definition) is 4. The zero-order chi connectivity index (χ0) is 16.2. The molecule has 23 heavy (non-hydrogen) atoms. The lowest BCUT2D eigenvalue weighted by Gasteiger charge is -2.15. The van der Waals surface area contributed by atoms with Crippen molar-refractivity contribution in [2.45, 2.75) is 38.5 Å². The summed E-state index contributed by atoms with van der Waals surface area (Å²) in [4.78, 5) is 18.5. The first-order valence-corrected chi connectivity index (χ1v) is 8.38. The van der Waals surface area contributed by atoms with Crippen LogP contribution >= 0.6 is 11.6 Å². The number of amides is 1. The third-order valence-corrected chi connectivity index (χ3v) is 4.36. The van der Waals surface area contributed by atoms with E-state index in [9.17, 15) is 4.79 Å². The van der Waals surface area contributed by atoms with Crippen molar-refractivity contribution in [2.24, 2.45) is 0 Å². The maximum Gasteiger partial charge on any atom is 0.232 e. The number of rotatable bonds is 6. The molecule has 1 aliphatic rings. The van der Waals surface area contributed by atoms with Crippen molar-refractivity contribution in [1.29, 1.82) is 0 Å². The topological polar surface area (TPSA) is 59.2 Å². The minimum absolute atomic E-state index is 0.0193. The van der Waals surface area contributed by atoms with Crippen LogP contribution in [0.1, 0.15) is 43.0 Å². The molecule has 0 N–H and O–H groups in total. The van der Waals surface area contributed by atoms with Crippen molar-refractivity contribution in [3.8, 4) is 0 Å². The molecule has 1 aromatic carbocycles. The molecule has 2 heterocycles. The Morgan fingerprint density at radius 2 is 2.09 bits per heavy atom. The van der Waals surface area contributed by atoms with E-state index >= 15 is 0 Å². The van der Waals surface area contributed by atoms with Gasteiger partial charge in [-0.1, -0.05) is 35.8 Å². The van der Waals surface area contributed by atoms with Gasteiger partial charge in [0, 0.05) is 31.0 Å². The van der Waals surface area contributed by atoms with Crippen LogP contribution in [0.25, 0.3) is 0 Å². The van der Waals surface area contributed by atoms with Crippen LogP contribution in [0.4, 0.5) is 0 Å². The monoisotopic (exact) mass is 333 g/mol. The molecule has 0 bridgehead atoms. The van der Waals surface area contributed by atoms with Gasteiger partial charge in [0.05, 0.1) is 5.92 Å². The van der Waals surface area contributed by atoms with Crippen molar-refractivity contribution in [1.82, 2.24) is 15.0 Å². The summed E-state index contributed by atoms with van der Waals surface area (Å²) in [7, 11) is 0. The summed E-state index contributed by atoms with van der Waals surface area (Å²) in [6, 6.07) is 7.74. The predicted molar refractivity (Wildman–Crippen MR) is 87.4 cm³/mol. The molecule has 1 aliphatic heterocycles. The molecular formula is C17H20ClN3O2. The second kappa shape index (κ2) is 7.13. The molecule has 1 unspecified atom stereocenters. The zero-order valence-electron chi connectivity index (χ0n) is 13.2. The number of nitrogens with zero attached hydrogens (tertiary/aromatic N) is 3. The van der Waals surface area contributed by atoms with E-state index in [1.807, 2.05) is 29.2 Å². The van der Waals surface area contributed by atoms with E-state index in [0.29, 0.717) is 25.4 Å². The third-order valence-electron chi connectivity index (χ3n) is 4.10. The van der Waals surface area contributed by atoms with E-state index in [4.69, 9.17) is 16.1 Å². The minimum Gasteiger partial charge on any atom is -0.342 e. The lowest BCUT2D eigenvalue weighted by molar-refractivity contribution is -0.127. The van der Waals surface area contributed by atoms with Gasteiger partial charge in [-0.15, -0.1) is 0 Å². The number of aromatic nitrogens is 2. The molecule has 1 atom stereocenters. The third kappa shape index (κ3) is 3.91. The number of aryl methyl sites for hydroxylation is 1. The number of carbonyl (C=O) groups excluding carboxylic acids is 1. The van der Waals surface area contributed by atoms with Gasteiger partial charge >= 0.3 is 0 Å². The Morgan fingerprint density at radius 3 is 2.83 bits per heavy atom. The fourth-order valence-corrected chi connectivity index (χ4v) is 2.95. The Morgan fingerprint density at radius 1 is 1.30 bits per heavy atom. The summed E-state index contributed by atoms with van der Waals surface area (Å²) in [5.41, 5.74) is 1.17. The van der Waals surface area contributed by atoms with Crippen LogP contribution in [0.2, 0.25) is 5.02 Å². The Labute approximate surface area is 140 Å². The summed E-state index contributed by atoms with van der Waals surface area (Å²) in [5, 5.41) is 4.70. The van der Waals surface area contributed by atoms with Gasteiger partial charge in [0.25, 0.3) is 0 Å². The Hall–Kier alpha value is -1.88. The zero-order valence-corrected chi connectivity index (χ0v) is 13.9. The highest BCUT2D eigenvalue weighted by molar-refractivity contribution is 6.30. The smallest absolute Gasteiger partial charge is 0.232 e. The first kappa shape index (κ1) is 16.0. The van der Waals surface area contributed by atoms with Crippen LogP contribution in [0.15, 0.2) is 28.8 Å². The van der Waals surface area contributed by atoms with Crippen LogP contribution in [0, 0.1) is 0 Å². The highest BCUT2D eigenvalue weighted by Crippen LogP contribution is 2.27. The number of hydrogen-bond donors (Lipinski definition) is 0. The second-order valence-corrected chi connectivity index (χ2v) is 6.35. The van der Waals surface area contributed by atoms with Gasteiger partial charge in [0.1, 0.15) is 0 Å². The largest absolute Gasteiger partial charge is 0.342 e. The summed E-state index contributed by atoms with van der Waals surface area (Å²) < 4.78 is 5.32. The van der Waals surface area contributed by atoms with Crippen molar-refractivity contribution < 1.29 is 9.32 Å². The van der Waals surface area contributed by atoms with Crippen LogP contribution in [0.3, 0.4) is 0 Å². The van der Waals surface area contributed by atoms with Crippen LogP contribution in [-0.2, 0) is 17.6 Å². The maximum atomic E-state index is 12.2. The lowest BCUT2D eigenvalue weighted by Crippen LogP contribution is -2.27. The highest BCUT2D eigenvalue weighted by atomic mass is 35.5. The fraction of sp³-hybridized carbons (Fsp3) is 0.471. The standard InChI is InChI=1S/C17H20ClN3O2/c1-2-3-15-19-17(23-20-15)13-10-16(22)21(11-13)9-8-12-4-6-14(18)7-5-12/h4-7,13H,2-3,8-11H2,1H3. The van der Waals surface area contributed by atoms with Gasteiger partial charge < -0.3 is 9.42 Å². The minimum atomic E-state index is 0.0193. The van der Waals surface area contributed by atoms with E-state index in [-0.39, 0.29) is 11.8 Å². The van der Waals surface area contributed by atoms with E-state index < -0.39 is 0 Å². The maximum absolute atomic E-state index is 12.2. The average Bonchev–Trinajstić information content (AvgIpc) is 3.14. The van der Waals surface area contributed by atoms with Crippen LogP contribution in [-0.4, -0.2) is 34.0 Å². The van der Waals surface area contributed by atoms with Gasteiger partial charge in [-0.25, -0.2) is 0 Å². The van der Waals surface area contributed by atoms with Crippen molar-refractivity contribution >= 4 is 17.5 Å². The molecule has 0 spiro atoms. The number of carbonyl (C=O) groups is 1. The first-order chi connectivity index (χ1) is 11.2. The molecule has 3 rings (SSSR count). The normalized spacial score (nSPS) is 17.9. The second-order valence-electron chi connectivity index (χ2n) is 5.92. The molecule has 5 nitrogen and oxygen atoms in total. The molecule has 1 saturated heterocycles. The number of benzene rings is 1. The van der Waals surface area contributed by atoms with E-state index in [1.165, 1.54) is 5.56 Å². The van der Waals surface area contributed by atoms with E-state index in [0.717, 1.165) is 30.1 Å². The fourth-order valence-electron chi connectivity index (χ4n) is 2.83. The summed E-state index contributed by atoms with van der Waals surface area (Å²) in [5.74, 6) is 1.50. The number of halogens is 1. The molecule has 122 valence electrons. The molecule has 2 aromatic rings. The Balaban J connectivity index is 1.57. The SMILES string of the molecule is CCCc1noc(C2CC(=O)N(CCc3ccc(Cl)cc3)C2)n1. The Kier molecular flexibility index (Phi) is 4.96. The molecule has 1 aromatic heterocycles. The highest BCUT2D eigenvalue weighted by Gasteiger charge is 2.33. The molecular weight excluding hydrogens is 314 g/mol. The average molecular weight is 334 g/mol. The summed E-state index contributed by atoms with van der Waals surface area (Å²) >= 11 is 5.89. The molecule has 0 saturated carbocycles. The van der Waals surface area contributed by atoms with Gasteiger partial charge in [0.15, 0.2) is 5.82 Å². The van der Waals surface area contributed by atoms with E-state index in [2.05, 4.69) is 17.1 Å². The molecule has 0 aliphatic carbocycles. The first-order valence-electron chi connectivity index (χ1n) is 8.00. The molecule has 1 fully saturated rings. The molecule has 1 amide bonds. The van der Waals surface area contributed by atoms with Gasteiger partial charge in [-0.2, -0.15) is 4.98 Å². The quantitative estimate of drug-likeness (QED) is 0.814. The predicted octanol–water partition coefficient (Wildman–Crippen LogP) is 3.23. The molecule has 6 heteroatoms. The summed E-state index contributed by atoms with van der Waals surface area (Å²) in [6.07, 6.45) is 3.06. The van der Waals surface area contributed by atoms with Crippen molar-refractivity contribution in [3.05, 3.63) is 46.6 Å². The van der Waals surface area contributed by atoms with Gasteiger partial charge in [-0.3, -0.25) is 4.79 Å². The van der Waals surface area contributed by atoms with Crippen LogP contribution < -0.4 is 0 Å². The van der Waals surface area contributed by atoms with Gasteiger partial charge in [0.2, 0.25) is 11.8 Å².